The molecule has 0 unspecified atom stereocenters. The largest absolute Gasteiger partial charge is 0.493 e. The number of nitrogens with zero attached hydrogens (tertiary/aromatic N) is 1. The first-order chi connectivity index (χ1) is 14.5. The molecule has 0 saturated heterocycles. The van der Waals surface area contributed by atoms with Crippen molar-refractivity contribution in [3.63, 3.8) is 0 Å². The van der Waals surface area contributed by atoms with Gasteiger partial charge < -0.3 is 20.1 Å². The maximum Gasteiger partial charge on any atom is 0.251 e. The van der Waals surface area contributed by atoms with Gasteiger partial charge in [0.15, 0.2) is 11.5 Å². The first-order valence-corrected chi connectivity index (χ1v) is 9.39. The number of hydrogen-bond acceptors (Lipinski definition) is 5. The number of hydrogen-bond donors (Lipinski definition) is 2. The van der Waals surface area contributed by atoms with Crippen LogP contribution in [-0.2, 0) is 11.4 Å². The zero-order chi connectivity index (χ0) is 21.3. The van der Waals surface area contributed by atoms with E-state index < -0.39 is 0 Å². The molecule has 7 heteroatoms. The second-order valence-electron chi connectivity index (χ2n) is 6.62. The Morgan fingerprint density at radius 2 is 1.90 bits per heavy atom. The van der Waals surface area contributed by atoms with Gasteiger partial charge in [-0.2, -0.15) is 0 Å². The van der Waals surface area contributed by atoms with Gasteiger partial charge >= 0.3 is 0 Å². The van der Waals surface area contributed by atoms with Crippen LogP contribution in [0.4, 0.5) is 5.69 Å². The van der Waals surface area contributed by atoms with Crippen molar-refractivity contribution in [1.29, 1.82) is 0 Å². The first kappa shape index (κ1) is 20.9. The summed E-state index contributed by atoms with van der Waals surface area (Å²) in [5, 5.41) is 5.36. The van der Waals surface area contributed by atoms with E-state index >= 15 is 0 Å². The highest BCUT2D eigenvalue weighted by atomic mass is 16.5. The molecule has 154 valence electrons. The van der Waals surface area contributed by atoms with Gasteiger partial charge in [0.1, 0.15) is 6.61 Å². The lowest BCUT2D eigenvalue weighted by molar-refractivity contribution is -0.115. The van der Waals surface area contributed by atoms with Crippen LogP contribution >= 0.6 is 0 Å². The standard InChI is InChI=1S/C23H23N3O4/c1-16-5-3-7-18(11-16)23(28)25-14-22(27)26-19-8-9-20(29-2)21(12-19)30-15-17-6-4-10-24-13-17/h3-13H,14-15H2,1-2H3,(H,25,28)(H,26,27). The average molecular weight is 405 g/mol. The minimum Gasteiger partial charge on any atom is -0.493 e. The molecule has 0 aliphatic rings. The second kappa shape index (κ2) is 10.1. The Morgan fingerprint density at radius 3 is 2.63 bits per heavy atom. The molecule has 0 aliphatic heterocycles. The topological polar surface area (TPSA) is 89.6 Å². The summed E-state index contributed by atoms with van der Waals surface area (Å²) >= 11 is 0. The number of carbonyl (C=O) groups excluding carboxylic acids is 2. The number of aryl methyl sites for hydroxylation is 1. The molecule has 30 heavy (non-hydrogen) atoms. The van der Waals surface area contributed by atoms with Gasteiger partial charge in [0.2, 0.25) is 5.91 Å². The summed E-state index contributed by atoms with van der Waals surface area (Å²) in [7, 11) is 1.55. The van der Waals surface area contributed by atoms with E-state index in [2.05, 4.69) is 15.6 Å². The highest BCUT2D eigenvalue weighted by molar-refractivity contribution is 5.99. The van der Waals surface area contributed by atoms with Crippen molar-refractivity contribution in [3.05, 3.63) is 83.7 Å². The van der Waals surface area contributed by atoms with Gasteiger partial charge in [-0.15, -0.1) is 0 Å². The van der Waals surface area contributed by atoms with Crippen LogP contribution in [-0.4, -0.2) is 30.5 Å². The maximum atomic E-state index is 12.3. The number of carbonyl (C=O) groups is 2. The van der Waals surface area contributed by atoms with Crippen LogP contribution in [0, 0.1) is 6.92 Å². The van der Waals surface area contributed by atoms with E-state index in [0.717, 1.165) is 11.1 Å². The van der Waals surface area contributed by atoms with Gasteiger partial charge in [-0.1, -0.05) is 23.8 Å². The van der Waals surface area contributed by atoms with Gasteiger partial charge in [0.05, 0.1) is 13.7 Å². The van der Waals surface area contributed by atoms with E-state index in [-0.39, 0.29) is 18.4 Å². The van der Waals surface area contributed by atoms with E-state index in [1.54, 1.807) is 55.9 Å². The molecular weight excluding hydrogens is 382 g/mol. The fraction of sp³-hybridized carbons (Fsp3) is 0.174. The molecule has 7 nitrogen and oxygen atoms in total. The second-order valence-corrected chi connectivity index (χ2v) is 6.62. The Kier molecular flexibility index (Phi) is 7.00. The van der Waals surface area contributed by atoms with Gasteiger partial charge in [-0.05, 0) is 37.3 Å². The van der Waals surface area contributed by atoms with Crippen molar-refractivity contribution in [2.45, 2.75) is 13.5 Å². The Balaban J connectivity index is 1.58. The Hall–Kier alpha value is -3.87. The van der Waals surface area contributed by atoms with E-state index in [9.17, 15) is 9.59 Å². The van der Waals surface area contributed by atoms with Crippen molar-refractivity contribution >= 4 is 17.5 Å². The highest BCUT2D eigenvalue weighted by Crippen LogP contribution is 2.30. The number of methoxy groups -OCH3 is 1. The van der Waals surface area contributed by atoms with E-state index in [1.165, 1.54) is 0 Å². The van der Waals surface area contributed by atoms with E-state index in [1.807, 2.05) is 25.1 Å². The Morgan fingerprint density at radius 1 is 1.03 bits per heavy atom. The van der Waals surface area contributed by atoms with E-state index in [4.69, 9.17) is 9.47 Å². The minimum atomic E-state index is -0.348. The molecule has 0 fully saturated rings. The molecule has 0 saturated carbocycles. The molecule has 0 radical (unpaired) electrons. The molecule has 2 aromatic carbocycles. The normalized spacial score (nSPS) is 10.2. The molecule has 2 N–H and O–H groups in total. The van der Waals surface area contributed by atoms with Crippen LogP contribution in [0.15, 0.2) is 67.0 Å². The van der Waals surface area contributed by atoms with Crippen LogP contribution in [0.5, 0.6) is 11.5 Å². The molecule has 1 heterocycles. The van der Waals surface area contributed by atoms with Crippen LogP contribution in [0.2, 0.25) is 0 Å². The molecular formula is C23H23N3O4. The van der Waals surface area contributed by atoms with Crippen molar-refractivity contribution in [1.82, 2.24) is 10.3 Å². The van der Waals surface area contributed by atoms with Crippen molar-refractivity contribution in [3.8, 4) is 11.5 Å². The maximum absolute atomic E-state index is 12.3. The third-order valence-corrected chi connectivity index (χ3v) is 4.25. The van der Waals surface area contributed by atoms with E-state index in [0.29, 0.717) is 29.4 Å². The van der Waals surface area contributed by atoms with Crippen LogP contribution in [0.25, 0.3) is 0 Å². The Bertz CT molecular complexity index is 1020. The van der Waals surface area contributed by atoms with Gasteiger partial charge in [-0.25, -0.2) is 0 Å². The third kappa shape index (κ3) is 5.81. The number of anilines is 1. The zero-order valence-corrected chi connectivity index (χ0v) is 16.8. The monoisotopic (exact) mass is 405 g/mol. The molecule has 3 aromatic rings. The summed E-state index contributed by atoms with van der Waals surface area (Å²) in [6, 6.07) is 16.0. The fourth-order valence-electron chi connectivity index (χ4n) is 2.77. The number of ether oxygens (including phenoxy) is 2. The predicted octanol–water partition coefficient (Wildman–Crippen LogP) is 3.35. The number of pyridine rings is 1. The first-order valence-electron chi connectivity index (χ1n) is 9.39. The smallest absolute Gasteiger partial charge is 0.251 e. The zero-order valence-electron chi connectivity index (χ0n) is 16.8. The summed E-state index contributed by atoms with van der Waals surface area (Å²) in [5.74, 6) is 0.385. The number of benzene rings is 2. The SMILES string of the molecule is COc1ccc(NC(=O)CNC(=O)c2cccc(C)c2)cc1OCc1cccnc1. The predicted molar refractivity (Wildman–Crippen MR) is 114 cm³/mol. The Labute approximate surface area is 175 Å². The summed E-state index contributed by atoms with van der Waals surface area (Å²) in [6.45, 7) is 2.07. The van der Waals surface area contributed by atoms with Crippen molar-refractivity contribution < 1.29 is 19.1 Å². The summed E-state index contributed by atoms with van der Waals surface area (Å²) in [5.41, 5.74) is 2.93. The van der Waals surface area contributed by atoms with Gasteiger partial charge in [-0.3, -0.25) is 14.6 Å². The number of nitrogens with one attached hydrogen (secondary N) is 2. The van der Waals surface area contributed by atoms with Gasteiger partial charge in [0, 0.05) is 35.3 Å². The number of rotatable bonds is 8. The molecule has 0 bridgehead atoms. The number of aromatic nitrogens is 1. The summed E-state index contributed by atoms with van der Waals surface area (Å²) < 4.78 is 11.1. The lowest BCUT2D eigenvalue weighted by Gasteiger charge is -2.13. The van der Waals surface area contributed by atoms with Crippen molar-refractivity contribution in [2.75, 3.05) is 19.0 Å². The molecule has 0 spiro atoms. The lowest BCUT2D eigenvalue weighted by Crippen LogP contribution is -2.32. The minimum absolute atomic E-state index is 0.148. The third-order valence-electron chi connectivity index (χ3n) is 4.25. The fourth-order valence-corrected chi connectivity index (χ4v) is 2.77. The van der Waals surface area contributed by atoms with Crippen LogP contribution in [0.1, 0.15) is 21.5 Å². The quantitative estimate of drug-likeness (QED) is 0.600. The average Bonchev–Trinajstić information content (AvgIpc) is 2.77. The summed E-state index contributed by atoms with van der Waals surface area (Å²) in [4.78, 5) is 28.5. The molecule has 1 aromatic heterocycles. The van der Waals surface area contributed by atoms with Crippen molar-refractivity contribution in [2.24, 2.45) is 0 Å². The lowest BCUT2D eigenvalue weighted by atomic mass is 10.1. The molecule has 0 aliphatic carbocycles. The van der Waals surface area contributed by atoms with Crippen LogP contribution in [0.3, 0.4) is 0 Å². The molecule has 2 amide bonds. The van der Waals surface area contributed by atoms with Gasteiger partial charge in [0.25, 0.3) is 5.91 Å². The van der Waals surface area contributed by atoms with Crippen LogP contribution < -0.4 is 20.1 Å². The highest BCUT2D eigenvalue weighted by Gasteiger charge is 2.11. The molecule has 3 rings (SSSR count). The summed E-state index contributed by atoms with van der Waals surface area (Å²) in [6.07, 6.45) is 3.41. The number of amides is 2. The molecule has 0 atom stereocenters.